The second-order valence-corrected chi connectivity index (χ2v) is 4.66. The Bertz CT molecular complexity index is 538. The highest BCUT2D eigenvalue weighted by atomic mass is 15.1. The predicted molar refractivity (Wildman–Crippen MR) is 69.3 cm³/mol. The number of hydrogen-bond donors (Lipinski definition) is 1. The molecule has 2 aromatic heterocycles. The van der Waals surface area contributed by atoms with Crippen molar-refractivity contribution in [2.24, 2.45) is 5.73 Å². The largest absolute Gasteiger partial charge is 0.371 e. The summed E-state index contributed by atoms with van der Waals surface area (Å²) in [6.07, 6.45) is 4.69. The molecule has 3 heterocycles. The number of nitrogens with two attached hydrogens (primary N) is 1. The molecular weight excluding hydrogens is 212 g/mol. The molecule has 17 heavy (non-hydrogen) atoms. The van der Waals surface area contributed by atoms with Gasteiger partial charge in [0.1, 0.15) is 5.65 Å². The molecule has 0 amide bonds. The zero-order chi connectivity index (χ0) is 11.8. The number of rotatable bonds is 2. The lowest BCUT2D eigenvalue weighted by Gasteiger charge is -2.17. The number of nitrogens with zero attached hydrogens (tertiary/aromatic N) is 3. The van der Waals surface area contributed by atoms with E-state index in [0.717, 1.165) is 17.0 Å². The van der Waals surface area contributed by atoms with Gasteiger partial charge in [0.05, 0.1) is 11.4 Å². The van der Waals surface area contributed by atoms with Crippen LogP contribution in [0.15, 0.2) is 18.3 Å². The molecule has 0 aliphatic carbocycles. The van der Waals surface area contributed by atoms with E-state index in [9.17, 15) is 0 Å². The van der Waals surface area contributed by atoms with Crippen LogP contribution in [-0.4, -0.2) is 22.5 Å². The molecule has 4 nitrogen and oxygen atoms in total. The first-order valence-electron chi connectivity index (χ1n) is 6.22. The van der Waals surface area contributed by atoms with Gasteiger partial charge in [0, 0.05) is 37.6 Å². The molecular formula is C13H18N4. The Morgan fingerprint density at radius 1 is 1.35 bits per heavy atom. The van der Waals surface area contributed by atoms with E-state index in [1.54, 1.807) is 0 Å². The molecule has 2 N–H and O–H groups in total. The maximum Gasteiger partial charge on any atom is 0.139 e. The zero-order valence-corrected chi connectivity index (χ0v) is 10.2. The minimum atomic E-state index is 0.538. The molecule has 0 aromatic carbocycles. The molecule has 1 fully saturated rings. The topological polar surface area (TPSA) is 46.6 Å². The van der Waals surface area contributed by atoms with E-state index in [-0.39, 0.29) is 0 Å². The highest BCUT2D eigenvalue weighted by Gasteiger charge is 2.14. The Morgan fingerprint density at radius 3 is 2.82 bits per heavy atom. The fourth-order valence-corrected chi connectivity index (χ4v) is 2.62. The molecule has 90 valence electrons. The number of aromatic nitrogens is 2. The zero-order valence-electron chi connectivity index (χ0n) is 10.2. The fourth-order valence-electron chi connectivity index (χ4n) is 2.62. The first-order valence-corrected chi connectivity index (χ1v) is 6.22. The maximum absolute atomic E-state index is 5.75. The van der Waals surface area contributed by atoms with Crippen molar-refractivity contribution in [3.63, 3.8) is 0 Å². The van der Waals surface area contributed by atoms with Crippen molar-refractivity contribution >= 4 is 11.3 Å². The summed E-state index contributed by atoms with van der Waals surface area (Å²) in [4.78, 5) is 7.00. The van der Waals surface area contributed by atoms with Gasteiger partial charge in [0.25, 0.3) is 0 Å². The van der Waals surface area contributed by atoms with Crippen molar-refractivity contribution in [1.82, 2.24) is 9.38 Å². The third kappa shape index (κ3) is 1.69. The summed E-state index contributed by atoms with van der Waals surface area (Å²) in [6, 6.07) is 4.33. The van der Waals surface area contributed by atoms with Gasteiger partial charge in [0.15, 0.2) is 0 Å². The molecule has 0 saturated carbocycles. The molecule has 0 atom stereocenters. The van der Waals surface area contributed by atoms with Crippen molar-refractivity contribution in [2.75, 3.05) is 18.0 Å². The van der Waals surface area contributed by atoms with Gasteiger partial charge in [-0.15, -0.1) is 0 Å². The highest BCUT2D eigenvalue weighted by molar-refractivity contribution is 5.58. The van der Waals surface area contributed by atoms with E-state index in [0.29, 0.717) is 6.54 Å². The van der Waals surface area contributed by atoms with Crippen LogP contribution in [0.3, 0.4) is 0 Å². The van der Waals surface area contributed by atoms with Crippen LogP contribution in [-0.2, 0) is 6.54 Å². The minimum Gasteiger partial charge on any atom is -0.371 e. The standard InChI is InChI=1S/C13H18N4/c1-10-12(9-14)17-7-4-11(8-13(17)15-10)16-5-2-3-6-16/h4,7-8H,2-3,5-6,9,14H2,1H3. The summed E-state index contributed by atoms with van der Waals surface area (Å²) in [5, 5.41) is 0. The summed E-state index contributed by atoms with van der Waals surface area (Å²) in [5.41, 5.74) is 10.2. The summed E-state index contributed by atoms with van der Waals surface area (Å²) in [6.45, 7) is 4.89. The average Bonchev–Trinajstić information content (AvgIpc) is 2.93. The second-order valence-electron chi connectivity index (χ2n) is 4.66. The van der Waals surface area contributed by atoms with Crippen LogP contribution >= 0.6 is 0 Å². The monoisotopic (exact) mass is 230 g/mol. The van der Waals surface area contributed by atoms with Gasteiger partial charge < -0.3 is 15.0 Å². The summed E-state index contributed by atoms with van der Waals surface area (Å²) in [5.74, 6) is 0. The van der Waals surface area contributed by atoms with Crippen molar-refractivity contribution in [2.45, 2.75) is 26.3 Å². The van der Waals surface area contributed by atoms with Crippen molar-refractivity contribution in [3.05, 3.63) is 29.7 Å². The van der Waals surface area contributed by atoms with Gasteiger partial charge in [-0.3, -0.25) is 0 Å². The Balaban J connectivity index is 2.07. The van der Waals surface area contributed by atoms with Crippen LogP contribution in [0.5, 0.6) is 0 Å². The smallest absolute Gasteiger partial charge is 0.139 e. The van der Waals surface area contributed by atoms with E-state index in [1.807, 2.05) is 6.92 Å². The van der Waals surface area contributed by atoms with Gasteiger partial charge >= 0.3 is 0 Å². The van der Waals surface area contributed by atoms with Crippen molar-refractivity contribution in [3.8, 4) is 0 Å². The lowest BCUT2D eigenvalue weighted by atomic mass is 10.3. The molecule has 3 rings (SSSR count). The SMILES string of the molecule is Cc1nc2cc(N3CCCC3)ccn2c1CN. The Kier molecular flexibility index (Phi) is 2.52. The van der Waals surface area contributed by atoms with Gasteiger partial charge in [0.2, 0.25) is 0 Å². The molecule has 0 radical (unpaired) electrons. The van der Waals surface area contributed by atoms with Crippen LogP contribution in [0, 0.1) is 6.92 Å². The second kappa shape index (κ2) is 4.04. The van der Waals surface area contributed by atoms with Gasteiger partial charge in [-0.1, -0.05) is 0 Å². The van der Waals surface area contributed by atoms with E-state index in [1.165, 1.54) is 31.6 Å². The molecule has 1 aliphatic rings. The molecule has 4 heteroatoms. The lowest BCUT2D eigenvalue weighted by molar-refractivity contribution is 0.933. The van der Waals surface area contributed by atoms with Crippen LogP contribution in [0.25, 0.3) is 5.65 Å². The summed E-state index contributed by atoms with van der Waals surface area (Å²) >= 11 is 0. The van der Waals surface area contributed by atoms with E-state index < -0.39 is 0 Å². The molecule has 0 spiro atoms. The highest BCUT2D eigenvalue weighted by Crippen LogP contribution is 2.22. The van der Waals surface area contributed by atoms with Crippen LogP contribution < -0.4 is 10.6 Å². The number of hydrogen-bond acceptors (Lipinski definition) is 3. The molecule has 0 unspecified atom stereocenters. The van der Waals surface area contributed by atoms with Gasteiger partial charge in [-0.05, 0) is 25.8 Å². The Hall–Kier alpha value is -1.55. The lowest BCUT2D eigenvalue weighted by Crippen LogP contribution is -2.17. The average molecular weight is 230 g/mol. The van der Waals surface area contributed by atoms with Crippen LogP contribution in [0.1, 0.15) is 24.2 Å². The third-order valence-corrected chi connectivity index (χ3v) is 3.57. The predicted octanol–water partition coefficient (Wildman–Crippen LogP) is 1.70. The van der Waals surface area contributed by atoms with E-state index in [2.05, 4.69) is 32.6 Å². The fraction of sp³-hybridized carbons (Fsp3) is 0.462. The molecule has 1 aliphatic heterocycles. The molecule has 2 aromatic rings. The quantitative estimate of drug-likeness (QED) is 0.854. The van der Waals surface area contributed by atoms with Crippen LogP contribution in [0.4, 0.5) is 5.69 Å². The minimum absolute atomic E-state index is 0.538. The van der Waals surface area contributed by atoms with E-state index in [4.69, 9.17) is 5.73 Å². The van der Waals surface area contributed by atoms with E-state index >= 15 is 0 Å². The van der Waals surface area contributed by atoms with Crippen molar-refractivity contribution in [1.29, 1.82) is 0 Å². The number of pyridine rings is 1. The summed E-state index contributed by atoms with van der Waals surface area (Å²) < 4.78 is 2.09. The first-order chi connectivity index (χ1) is 8.29. The van der Waals surface area contributed by atoms with Crippen molar-refractivity contribution < 1.29 is 0 Å². The number of aryl methyl sites for hydroxylation is 1. The van der Waals surface area contributed by atoms with Crippen LogP contribution in [0.2, 0.25) is 0 Å². The molecule has 1 saturated heterocycles. The normalized spacial score (nSPS) is 16.0. The Labute approximate surface area is 101 Å². The van der Waals surface area contributed by atoms with Gasteiger partial charge in [-0.25, -0.2) is 4.98 Å². The number of anilines is 1. The third-order valence-electron chi connectivity index (χ3n) is 3.57. The summed E-state index contributed by atoms with van der Waals surface area (Å²) in [7, 11) is 0. The first kappa shape index (κ1) is 10.6. The Morgan fingerprint density at radius 2 is 2.12 bits per heavy atom. The number of imidazole rings is 1. The number of fused-ring (bicyclic) bond motifs is 1. The molecule has 0 bridgehead atoms. The maximum atomic E-state index is 5.75. The van der Waals surface area contributed by atoms with Gasteiger partial charge in [-0.2, -0.15) is 0 Å².